The third kappa shape index (κ3) is 30.3. The molecule has 1 saturated heterocycles. The SMILES string of the molecule is CCOP(=O)(CCCC(=O)N[C@@H](CCN(C)Cc1cc(NC(=O)[C@H](CCCNC(N)=O)NC(=O)[C@@H](NC(=O)OC(C)(C)C)C(C)C)ccc1C[N+]1(C)CCN(CCOc2ccc(-c3c(-c4ccc(F)cc4)sc4ncnc(O[C@H](Cc5ccccc5OCc5ccnc(-c6ccccc6OC)n5)C(=O)OCc5ccc(OC)cc5)c34)c(C)c2Cl)CC1)C(=O)OC(C)(C)C)OCC. The van der Waals surface area contributed by atoms with E-state index in [-0.39, 0.29) is 96.7 Å². The zero-order chi connectivity index (χ0) is 94.7. The van der Waals surface area contributed by atoms with Gasteiger partial charge in [-0.2, -0.15) is 0 Å². The van der Waals surface area contributed by atoms with Crippen LogP contribution in [-0.4, -0.2) is 212 Å². The monoisotopic (exact) mass is 1860 g/mol. The number of anilines is 1. The first kappa shape index (κ1) is 102. The number of rotatable bonds is 46. The molecule has 4 atom stereocenters. The van der Waals surface area contributed by atoms with Crippen LogP contribution in [0.3, 0.4) is 0 Å². The lowest BCUT2D eigenvalue weighted by Gasteiger charge is -2.42. The molecule has 31 nitrogen and oxygen atoms in total. The second-order valence-corrected chi connectivity index (χ2v) is 38.2. The van der Waals surface area contributed by atoms with Gasteiger partial charge in [-0.3, -0.25) is 23.8 Å². The van der Waals surface area contributed by atoms with Gasteiger partial charge in [-0.25, -0.2) is 43.5 Å². The number of quaternary nitrogens is 1. The molecule has 0 unspecified atom stereocenters. The van der Waals surface area contributed by atoms with E-state index in [4.69, 9.17) is 79.2 Å². The molecule has 1 aliphatic rings. The van der Waals surface area contributed by atoms with Gasteiger partial charge in [0, 0.05) is 80.0 Å². The van der Waals surface area contributed by atoms with Gasteiger partial charge in [-0.05, 0) is 201 Å². The number of piperazine rings is 1. The number of carbonyl (C=O) groups excluding carboxylic acids is 7. The number of alkyl carbamates (subject to hydrolysis) is 1. The number of hydrogen-bond donors (Lipinski definition) is 6. The quantitative estimate of drug-likeness (QED) is 0.00678. The van der Waals surface area contributed by atoms with Gasteiger partial charge >= 0.3 is 31.7 Å². The van der Waals surface area contributed by atoms with E-state index < -0.39 is 96.5 Å². The summed E-state index contributed by atoms with van der Waals surface area (Å²) >= 11 is 8.81. The number of para-hydroxylation sites is 2. The molecule has 704 valence electrons. The van der Waals surface area contributed by atoms with Crippen LogP contribution in [0.25, 0.3) is 43.2 Å². The van der Waals surface area contributed by atoms with Crippen molar-refractivity contribution in [3.8, 4) is 61.8 Å². The van der Waals surface area contributed by atoms with Crippen molar-refractivity contribution in [1.82, 2.24) is 51.0 Å². The molecule has 0 spiro atoms. The van der Waals surface area contributed by atoms with Crippen molar-refractivity contribution in [2.75, 3.05) is 105 Å². The number of nitrogens with zero attached hydrogens (tertiary/aromatic N) is 7. The molecular weight excluding hydrogens is 1740 g/mol. The number of nitrogens with one attached hydrogen (secondary N) is 5. The molecule has 6 amide bonds. The van der Waals surface area contributed by atoms with Crippen molar-refractivity contribution in [3.05, 3.63) is 190 Å². The fraction of sp³-hybridized carbons (Fsp3) is 0.448. The number of fused-ring (bicyclic) bond motifs is 1. The van der Waals surface area contributed by atoms with Crippen LogP contribution in [0.15, 0.2) is 146 Å². The van der Waals surface area contributed by atoms with Crippen molar-refractivity contribution >= 4 is 88.2 Å². The molecule has 35 heteroatoms. The molecular formula is C96H123ClFN13O18PS+. The summed E-state index contributed by atoms with van der Waals surface area (Å²) in [5.74, 6) is -1.14. The lowest BCUT2D eigenvalue weighted by molar-refractivity contribution is -0.926. The minimum Gasteiger partial charge on any atom is -0.497 e. The van der Waals surface area contributed by atoms with Crippen LogP contribution in [0.2, 0.25) is 5.02 Å². The third-order valence-electron chi connectivity index (χ3n) is 21.6. The molecule has 1 fully saturated rings. The number of esters is 2. The topological polar surface area (TPSA) is 373 Å². The maximum atomic E-state index is 14.9. The Bertz CT molecular complexity index is 5430. The van der Waals surface area contributed by atoms with Crippen molar-refractivity contribution < 1.29 is 93.9 Å². The number of hydrogen-bond acceptors (Lipinski definition) is 25. The van der Waals surface area contributed by atoms with Gasteiger partial charge in [0.25, 0.3) is 0 Å². The van der Waals surface area contributed by atoms with Gasteiger partial charge in [0.05, 0.1) is 75.4 Å². The Morgan fingerprint density at radius 2 is 1.43 bits per heavy atom. The number of likely N-dealkylation sites (N-methyl/N-ethyl adjacent to an activating group) is 1. The van der Waals surface area contributed by atoms with Crippen molar-refractivity contribution in [1.29, 1.82) is 0 Å². The summed E-state index contributed by atoms with van der Waals surface area (Å²) in [5, 5.41) is 14.7. The van der Waals surface area contributed by atoms with E-state index in [0.29, 0.717) is 136 Å². The van der Waals surface area contributed by atoms with Gasteiger partial charge in [0.1, 0.15) is 95.7 Å². The van der Waals surface area contributed by atoms with Gasteiger partial charge in [0.2, 0.25) is 29.7 Å². The number of halogens is 2. The third-order valence-corrected chi connectivity index (χ3v) is 25.4. The average Bonchev–Trinajstić information content (AvgIpc) is 1.59. The number of aromatic nitrogens is 4. The highest BCUT2D eigenvalue weighted by molar-refractivity contribution is 7.53. The largest absolute Gasteiger partial charge is 0.497 e. The fourth-order valence-corrected chi connectivity index (χ4v) is 17.9. The molecule has 6 aromatic carbocycles. The molecule has 4 heterocycles. The molecule has 0 saturated carbocycles. The lowest BCUT2D eigenvalue weighted by atomic mass is 9.96. The highest BCUT2D eigenvalue weighted by atomic mass is 35.5. The maximum absolute atomic E-state index is 14.9. The van der Waals surface area contributed by atoms with Crippen LogP contribution < -0.4 is 56.0 Å². The predicted molar refractivity (Wildman–Crippen MR) is 501 cm³/mol. The minimum atomic E-state index is -3.44. The van der Waals surface area contributed by atoms with Crippen molar-refractivity contribution in [2.45, 2.75) is 176 Å². The molecule has 9 aromatic rings. The van der Waals surface area contributed by atoms with E-state index in [1.165, 1.54) is 29.8 Å². The van der Waals surface area contributed by atoms with Crippen LogP contribution in [0.1, 0.15) is 135 Å². The lowest BCUT2D eigenvalue weighted by Crippen LogP contribution is -2.57. The number of carbonyl (C=O) groups is 7. The second kappa shape index (κ2) is 47.6. The Labute approximate surface area is 774 Å². The Hall–Kier alpha value is -11.4. The molecule has 0 bridgehead atoms. The minimum absolute atomic E-state index is 0.0108. The number of nitrogens with two attached hydrogens (primary N) is 1. The first-order chi connectivity index (χ1) is 62.4. The van der Waals surface area contributed by atoms with E-state index in [9.17, 15) is 42.5 Å². The van der Waals surface area contributed by atoms with Gasteiger partial charge in [-0.1, -0.05) is 92.2 Å². The Balaban J connectivity index is 0.875. The second-order valence-electron chi connectivity index (χ2n) is 34.7. The number of primary amides is 1. The van der Waals surface area contributed by atoms with E-state index >= 15 is 0 Å². The summed E-state index contributed by atoms with van der Waals surface area (Å²) in [4.78, 5) is 120. The highest BCUT2D eigenvalue weighted by Gasteiger charge is 2.36. The summed E-state index contributed by atoms with van der Waals surface area (Å²) in [5.41, 5.74) is 11.1. The van der Waals surface area contributed by atoms with Crippen LogP contribution >= 0.6 is 30.5 Å². The maximum Gasteiger partial charge on any atom is 0.408 e. The predicted octanol–water partition coefficient (Wildman–Crippen LogP) is 15.4. The molecule has 3 aromatic heterocycles. The summed E-state index contributed by atoms with van der Waals surface area (Å²) in [6.45, 7) is 24.4. The van der Waals surface area contributed by atoms with Gasteiger partial charge in [-0.15, -0.1) is 11.3 Å². The summed E-state index contributed by atoms with van der Waals surface area (Å²) in [6, 6.07) is 35.2. The summed E-state index contributed by atoms with van der Waals surface area (Å²) in [6.07, 6.45) is 1.44. The molecule has 0 aliphatic carbocycles. The number of thiophene rings is 1. The normalized spacial score (nSPS) is 13.9. The fourth-order valence-electron chi connectivity index (χ4n) is 14.9. The molecule has 1 aliphatic heterocycles. The Kier molecular flexibility index (Phi) is 37.0. The zero-order valence-corrected chi connectivity index (χ0v) is 79.7. The van der Waals surface area contributed by atoms with Gasteiger partial charge in [0.15, 0.2) is 5.82 Å². The summed E-state index contributed by atoms with van der Waals surface area (Å²) < 4.78 is 88.1. The first-order valence-electron chi connectivity index (χ1n) is 43.9. The number of amides is 6. The van der Waals surface area contributed by atoms with E-state index in [1.54, 1.807) is 144 Å². The number of urea groups is 1. The van der Waals surface area contributed by atoms with E-state index in [2.05, 4.69) is 43.5 Å². The van der Waals surface area contributed by atoms with Crippen molar-refractivity contribution in [2.24, 2.45) is 11.7 Å². The molecule has 131 heavy (non-hydrogen) atoms. The first-order valence-corrected chi connectivity index (χ1v) is 46.8. The number of ether oxygens (including phenoxy) is 8. The van der Waals surface area contributed by atoms with Crippen LogP contribution in [-0.2, 0) is 84.5 Å². The zero-order valence-electron chi connectivity index (χ0n) is 77.3. The van der Waals surface area contributed by atoms with E-state index in [1.807, 2.05) is 85.6 Å². The standard InChI is InChI=1S/C96H122ClFN13O18PS/c1-16-125-130(119,126-17-2)53-23-29-80(112)106-75(91(115)128-95(6,7)8)43-46-109(12)56-67-54-69(105-87(113)74(26-22-44-101-93(99)117)107-88(114)84(61(3)4)108-94(118)129-96(9,10)11)37-34-66(67)57-111(13)50-47-110(48-51-111)49-52-122-78-41-40-72(62(5)83(78)97)81-82-89(102-60-103-90(82)131-85(81)64-32-35-68(98)36-33-64)127-79(92(116)124-58-63-30-38-71(120-14)39-31-63)55-65-24-18-20-27-76(65)123-59-70-42-45-100-86(104-70)73-25-19-21-28-77(73)121-15/h18-21,24-25,27-28,30-42,45,54,60-61,74-75,79,84H,16-17,22-23,26,29,43-44,46-53,55-59H2,1-15H3,(H6-,99,101,105,106,107,108,112,113,114,117,118)/p+1/t74-,75-,79+,84-/m0/s1. The van der Waals surface area contributed by atoms with Crippen LogP contribution in [0, 0.1) is 18.7 Å². The number of benzene rings is 6. The van der Waals surface area contributed by atoms with Crippen LogP contribution in [0.5, 0.6) is 28.9 Å². The highest BCUT2D eigenvalue weighted by Crippen LogP contribution is 2.51. The smallest absolute Gasteiger partial charge is 0.408 e. The van der Waals surface area contributed by atoms with Gasteiger partial charge < -0.3 is 88.6 Å². The average molecular weight is 1860 g/mol. The van der Waals surface area contributed by atoms with Crippen LogP contribution in [0.4, 0.5) is 19.7 Å². The molecule has 10 rings (SSSR count). The summed E-state index contributed by atoms with van der Waals surface area (Å²) in [7, 11) is 3.80. The Morgan fingerprint density at radius 1 is 0.725 bits per heavy atom. The van der Waals surface area contributed by atoms with E-state index in [0.717, 1.165) is 24.2 Å². The number of methoxy groups -OCH3 is 2. The molecule has 7 N–H and O–H groups in total. The van der Waals surface area contributed by atoms with Crippen molar-refractivity contribution in [3.63, 3.8) is 0 Å². The molecule has 0 radical (unpaired) electrons. The Morgan fingerprint density at radius 3 is 2.11 bits per heavy atom.